The topological polar surface area (TPSA) is 173 Å². The van der Waals surface area contributed by atoms with E-state index in [1.54, 1.807) is 25.1 Å². The third-order valence-corrected chi connectivity index (χ3v) is 8.57. The van der Waals surface area contributed by atoms with Crippen molar-refractivity contribution in [1.29, 1.82) is 0 Å². The molecule has 0 heterocycles. The average molecular weight is 516 g/mol. The van der Waals surface area contributed by atoms with E-state index in [1.807, 2.05) is 0 Å². The summed E-state index contributed by atoms with van der Waals surface area (Å²) in [6.07, 6.45) is -0.0764. The number of Topliss-reactive ketones (excluding diaryl/α,β-unsaturated/α-hetero) is 2. The predicted molar refractivity (Wildman–Crippen MR) is 135 cm³/mol. The largest absolute Gasteiger partial charge is 0.507 e. The van der Waals surface area contributed by atoms with Crippen LogP contribution in [0.2, 0.25) is 0 Å². The molecule has 7 atom stereocenters. The lowest BCUT2D eigenvalue weighted by Gasteiger charge is -2.53. The highest BCUT2D eigenvalue weighted by Gasteiger charge is 2.67. The van der Waals surface area contributed by atoms with Gasteiger partial charge in [0.2, 0.25) is 11.7 Å². The van der Waals surface area contributed by atoms with E-state index in [9.17, 15) is 34.8 Å². The Morgan fingerprint density at radius 2 is 1.95 bits per heavy atom. The molecule has 37 heavy (non-hydrogen) atoms. The number of nitrogens with one attached hydrogen (secondary N) is 1. The molecule has 0 spiro atoms. The molecule has 0 bridgehead atoms. The van der Waals surface area contributed by atoms with Gasteiger partial charge in [0.25, 0.3) is 0 Å². The van der Waals surface area contributed by atoms with E-state index in [-0.39, 0.29) is 23.3 Å². The van der Waals surface area contributed by atoms with Gasteiger partial charge in [0.15, 0.2) is 11.4 Å². The summed E-state index contributed by atoms with van der Waals surface area (Å²) in [5.41, 5.74) is 4.29. The normalized spacial score (nSPS) is 32.1. The lowest BCUT2D eigenvalue weighted by Crippen LogP contribution is -2.73. The Kier molecular flexibility index (Phi) is 7.24. The first kappa shape index (κ1) is 27.3. The number of aliphatic hydroxyl groups is 3. The molecule has 1 aromatic rings. The van der Waals surface area contributed by atoms with Crippen LogP contribution in [0.5, 0.6) is 5.75 Å². The van der Waals surface area contributed by atoms with Crippen LogP contribution in [0.3, 0.4) is 0 Å². The molecule has 0 saturated heterocycles. The van der Waals surface area contributed by atoms with E-state index < -0.39 is 58.7 Å². The van der Waals surface area contributed by atoms with Crippen LogP contribution < -0.4 is 11.1 Å². The minimum Gasteiger partial charge on any atom is -0.507 e. The van der Waals surface area contributed by atoms with E-state index in [1.165, 1.54) is 6.07 Å². The van der Waals surface area contributed by atoms with E-state index >= 15 is 0 Å². The molecule has 2 saturated carbocycles. The molecule has 1 aromatic carbocycles. The van der Waals surface area contributed by atoms with Crippen LogP contribution >= 0.6 is 0 Å². The number of hydrogen-bond acceptors (Lipinski definition) is 9. The number of phenols is 1. The first-order valence-corrected chi connectivity index (χ1v) is 12.8. The number of likely N-dealkylation sites (N-methyl/N-ethyl adjacent to an activating group) is 1. The first-order valence-electron chi connectivity index (χ1n) is 12.8. The van der Waals surface area contributed by atoms with Crippen molar-refractivity contribution in [1.82, 2.24) is 10.2 Å². The Hall–Kier alpha value is -2.79. The molecule has 202 valence electrons. The number of aliphatic hydroxyl groups excluding tert-OH is 2. The number of benzene rings is 1. The molecule has 3 aliphatic rings. The lowest BCUT2D eigenvalue weighted by atomic mass is 9.54. The number of carbonyl (C=O) groups is 3. The van der Waals surface area contributed by atoms with E-state index in [0.29, 0.717) is 24.4 Å². The molecule has 10 nitrogen and oxygen atoms in total. The highest BCUT2D eigenvalue weighted by Crippen LogP contribution is 2.52. The smallest absolute Gasteiger partial charge is 0.230 e. The Morgan fingerprint density at radius 1 is 1.27 bits per heavy atom. The second kappa shape index (κ2) is 9.83. The standard InChI is InChI=1S/C27H37N3O7/c1-5-12(2)10-29-11-13-6-7-17(31)19-15(13)8-14-9-16-21(30(3)4)23(33)20(26(28)36)25(35)27(16,37)24(34)18(14)22(19)32/h6-7,12,14,16,20-21,23,29,31-33,37H,5,8-11H2,1-4H3,(H2,28,36)/t12?,14-,16-,20?,21?,23?,27-/m1/s1. The van der Waals surface area contributed by atoms with Gasteiger partial charge in [-0.25, -0.2) is 0 Å². The summed E-state index contributed by atoms with van der Waals surface area (Å²) in [5.74, 6) is -6.87. The maximum absolute atomic E-state index is 13.8. The molecular weight excluding hydrogens is 478 g/mol. The summed E-state index contributed by atoms with van der Waals surface area (Å²) in [6, 6.07) is 2.33. The molecule has 7 N–H and O–H groups in total. The molecular formula is C27H37N3O7. The van der Waals surface area contributed by atoms with Crippen molar-refractivity contribution in [3.8, 4) is 5.75 Å². The minimum atomic E-state index is -2.64. The zero-order valence-corrected chi connectivity index (χ0v) is 21.7. The van der Waals surface area contributed by atoms with Crippen LogP contribution in [0, 0.1) is 23.7 Å². The van der Waals surface area contributed by atoms with Gasteiger partial charge in [0.1, 0.15) is 17.4 Å². The van der Waals surface area contributed by atoms with E-state index in [0.717, 1.165) is 18.5 Å². The lowest BCUT2D eigenvalue weighted by molar-refractivity contribution is -0.184. The second-order valence-electron chi connectivity index (χ2n) is 11.0. The van der Waals surface area contributed by atoms with Gasteiger partial charge in [-0.05, 0) is 62.5 Å². The van der Waals surface area contributed by atoms with Gasteiger partial charge in [-0.1, -0.05) is 26.3 Å². The zero-order chi connectivity index (χ0) is 27.4. The second-order valence-corrected chi connectivity index (χ2v) is 11.0. The van der Waals surface area contributed by atoms with Crippen molar-refractivity contribution in [2.45, 2.75) is 57.4 Å². The number of primary amides is 1. The van der Waals surface area contributed by atoms with Gasteiger partial charge in [-0.3, -0.25) is 14.4 Å². The maximum Gasteiger partial charge on any atom is 0.230 e. The van der Waals surface area contributed by atoms with Crippen LogP contribution in [0.1, 0.15) is 43.4 Å². The number of carbonyl (C=O) groups excluding carboxylic acids is 3. The van der Waals surface area contributed by atoms with Crippen molar-refractivity contribution in [2.75, 3.05) is 20.6 Å². The number of ketones is 2. The molecule has 3 aliphatic carbocycles. The number of fused-ring (bicyclic) bond motifs is 3. The maximum atomic E-state index is 13.8. The summed E-state index contributed by atoms with van der Waals surface area (Å²) >= 11 is 0. The molecule has 1 amide bonds. The summed E-state index contributed by atoms with van der Waals surface area (Å²) in [7, 11) is 3.26. The molecule has 4 rings (SSSR count). The van der Waals surface area contributed by atoms with Gasteiger partial charge >= 0.3 is 0 Å². The van der Waals surface area contributed by atoms with Crippen molar-refractivity contribution in [2.24, 2.45) is 29.4 Å². The highest BCUT2D eigenvalue weighted by molar-refractivity contribution is 6.25. The average Bonchev–Trinajstić information content (AvgIpc) is 2.82. The summed E-state index contributed by atoms with van der Waals surface area (Å²) in [6.45, 7) is 5.54. The van der Waals surface area contributed by atoms with Crippen molar-refractivity contribution >= 4 is 23.2 Å². The molecule has 0 aromatic heterocycles. The van der Waals surface area contributed by atoms with E-state index in [2.05, 4.69) is 19.2 Å². The van der Waals surface area contributed by atoms with Gasteiger partial charge in [-0.2, -0.15) is 0 Å². The monoisotopic (exact) mass is 515 g/mol. The fourth-order valence-corrected chi connectivity index (χ4v) is 6.43. The van der Waals surface area contributed by atoms with Crippen molar-refractivity contribution in [3.63, 3.8) is 0 Å². The first-order chi connectivity index (χ1) is 17.4. The van der Waals surface area contributed by atoms with Crippen LogP contribution in [0.15, 0.2) is 17.7 Å². The Morgan fingerprint density at radius 3 is 2.54 bits per heavy atom. The zero-order valence-electron chi connectivity index (χ0n) is 21.7. The van der Waals surface area contributed by atoms with Crippen LogP contribution in [0.25, 0.3) is 5.76 Å². The molecule has 0 aliphatic heterocycles. The number of amides is 1. The quantitative estimate of drug-likeness (QED) is 0.279. The minimum absolute atomic E-state index is 0.105. The SMILES string of the molecule is CCC(C)CNCc1ccc(O)c2c1C[C@@H]1C[C@@H]3C(N(C)C)C(O)C(C(N)=O)C(=O)[C@]3(O)C(=O)C1=C2O. The van der Waals surface area contributed by atoms with Crippen LogP contribution in [-0.4, -0.2) is 81.2 Å². The third-order valence-electron chi connectivity index (χ3n) is 8.57. The Bertz CT molecular complexity index is 1160. The Balaban J connectivity index is 1.81. The highest BCUT2D eigenvalue weighted by atomic mass is 16.3. The van der Waals surface area contributed by atoms with Crippen molar-refractivity contribution in [3.05, 3.63) is 34.4 Å². The van der Waals surface area contributed by atoms with Crippen LogP contribution in [-0.2, 0) is 27.3 Å². The van der Waals surface area contributed by atoms with Gasteiger partial charge in [0.05, 0.1) is 11.7 Å². The molecule has 2 fully saturated rings. The fourth-order valence-electron chi connectivity index (χ4n) is 6.43. The molecule has 0 radical (unpaired) electrons. The predicted octanol–water partition coefficient (Wildman–Crippen LogP) is 0.265. The fraction of sp³-hybridized carbons (Fsp3) is 0.593. The van der Waals surface area contributed by atoms with Gasteiger partial charge < -0.3 is 36.4 Å². The number of rotatable bonds is 7. The van der Waals surface area contributed by atoms with Crippen molar-refractivity contribution < 1.29 is 34.8 Å². The summed E-state index contributed by atoms with van der Waals surface area (Å²) < 4.78 is 0. The third kappa shape index (κ3) is 4.16. The summed E-state index contributed by atoms with van der Waals surface area (Å²) in [4.78, 5) is 40.9. The number of aromatic hydroxyl groups is 1. The number of nitrogens with two attached hydrogens (primary N) is 1. The van der Waals surface area contributed by atoms with Gasteiger partial charge in [-0.15, -0.1) is 0 Å². The number of phenolic OH excluding ortho intramolecular Hbond substituents is 1. The molecule has 4 unspecified atom stereocenters. The van der Waals surface area contributed by atoms with Gasteiger partial charge in [0, 0.05) is 24.1 Å². The number of hydrogen-bond donors (Lipinski definition) is 6. The summed E-state index contributed by atoms with van der Waals surface area (Å²) in [5, 5.41) is 47.9. The number of nitrogens with zero attached hydrogens (tertiary/aromatic N) is 1. The molecule has 10 heteroatoms. The van der Waals surface area contributed by atoms with Crippen LogP contribution in [0.4, 0.5) is 0 Å². The van der Waals surface area contributed by atoms with E-state index in [4.69, 9.17) is 5.73 Å². The Labute approximate surface area is 216 Å².